The second-order valence-corrected chi connectivity index (χ2v) is 5.54. The summed E-state index contributed by atoms with van der Waals surface area (Å²) in [4.78, 5) is 14.2. The summed E-state index contributed by atoms with van der Waals surface area (Å²) >= 11 is 0. The van der Waals surface area contributed by atoms with Crippen LogP contribution in [0.5, 0.6) is 0 Å². The van der Waals surface area contributed by atoms with Crippen molar-refractivity contribution >= 4 is 18.3 Å². The maximum Gasteiger partial charge on any atom is 0.253 e. The van der Waals surface area contributed by atoms with Gasteiger partial charge in [-0.05, 0) is 47.9 Å². The summed E-state index contributed by atoms with van der Waals surface area (Å²) in [6.45, 7) is 1.52. The zero-order valence-electron chi connectivity index (χ0n) is 12.9. The van der Waals surface area contributed by atoms with E-state index in [9.17, 15) is 4.79 Å². The molecule has 1 aliphatic rings. The van der Waals surface area contributed by atoms with Crippen LogP contribution in [0.1, 0.15) is 21.5 Å². The average molecular weight is 317 g/mol. The molecule has 4 heteroatoms. The number of hydrogen-bond acceptors (Lipinski definition) is 2. The van der Waals surface area contributed by atoms with Gasteiger partial charge in [0, 0.05) is 25.7 Å². The maximum absolute atomic E-state index is 12.4. The number of likely N-dealkylation sites (N-methyl/N-ethyl adjacent to an activating group) is 2. The Labute approximate surface area is 137 Å². The predicted molar refractivity (Wildman–Crippen MR) is 92.8 cm³/mol. The van der Waals surface area contributed by atoms with Crippen molar-refractivity contribution in [3.63, 3.8) is 0 Å². The molecule has 0 aliphatic heterocycles. The quantitative estimate of drug-likeness (QED) is 0.802. The van der Waals surface area contributed by atoms with Gasteiger partial charge < -0.3 is 10.2 Å². The van der Waals surface area contributed by atoms with Gasteiger partial charge in [0.1, 0.15) is 0 Å². The van der Waals surface area contributed by atoms with Crippen LogP contribution in [0.15, 0.2) is 42.5 Å². The van der Waals surface area contributed by atoms with Crippen LogP contribution in [0.25, 0.3) is 11.1 Å². The highest BCUT2D eigenvalue weighted by Crippen LogP contribution is 2.36. The number of hydrogen-bond donors (Lipinski definition) is 1. The zero-order chi connectivity index (χ0) is 14.8. The van der Waals surface area contributed by atoms with E-state index in [2.05, 4.69) is 35.6 Å². The first-order chi connectivity index (χ1) is 10.2. The van der Waals surface area contributed by atoms with Crippen molar-refractivity contribution in [2.24, 2.45) is 0 Å². The Kier molecular flexibility index (Phi) is 5.22. The first-order valence-corrected chi connectivity index (χ1v) is 7.32. The lowest BCUT2D eigenvalue weighted by molar-refractivity contribution is 0.0797. The third kappa shape index (κ3) is 3.01. The monoisotopic (exact) mass is 316 g/mol. The van der Waals surface area contributed by atoms with Crippen molar-refractivity contribution in [1.82, 2.24) is 10.2 Å². The number of rotatable bonds is 4. The Morgan fingerprint density at radius 1 is 1.14 bits per heavy atom. The molecule has 22 heavy (non-hydrogen) atoms. The molecule has 0 aromatic heterocycles. The van der Waals surface area contributed by atoms with Crippen molar-refractivity contribution in [2.75, 3.05) is 27.2 Å². The van der Waals surface area contributed by atoms with E-state index in [4.69, 9.17) is 0 Å². The maximum atomic E-state index is 12.4. The van der Waals surface area contributed by atoms with Crippen LogP contribution in [0.2, 0.25) is 0 Å². The molecule has 0 saturated heterocycles. The highest BCUT2D eigenvalue weighted by molar-refractivity contribution is 5.95. The van der Waals surface area contributed by atoms with Crippen LogP contribution in [0.3, 0.4) is 0 Å². The topological polar surface area (TPSA) is 32.3 Å². The lowest BCUT2D eigenvalue weighted by atomic mass is 10.0. The molecule has 1 N–H and O–H groups in total. The predicted octanol–water partition coefficient (Wildman–Crippen LogP) is 2.97. The van der Waals surface area contributed by atoms with Crippen molar-refractivity contribution in [3.05, 3.63) is 59.2 Å². The molecule has 0 radical (unpaired) electrons. The summed E-state index contributed by atoms with van der Waals surface area (Å²) in [5.74, 6) is 0.0870. The molecule has 1 amide bonds. The number of carbonyl (C=O) groups excluding carboxylic acids is 1. The number of amides is 1. The number of nitrogens with zero attached hydrogens (tertiary/aromatic N) is 1. The minimum absolute atomic E-state index is 0. The van der Waals surface area contributed by atoms with Crippen LogP contribution < -0.4 is 5.32 Å². The molecule has 0 spiro atoms. The van der Waals surface area contributed by atoms with Gasteiger partial charge in [-0.3, -0.25) is 4.79 Å². The first kappa shape index (κ1) is 16.5. The molecule has 1 aliphatic carbocycles. The van der Waals surface area contributed by atoms with E-state index < -0.39 is 0 Å². The Morgan fingerprint density at radius 3 is 2.64 bits per heavy atom. The molecule has 116 valence electrons. The second kappa shape index (κ2) is 6.95. The molecule has 2 aromatic rings. The van der Waals surface area contributed by atoms with E-state index in [1.54, 1.807) is 4.90 Å². The molecular formula is C18H21ClN2O. The molecule has 3 nitrogen and oxygen atoms in total. The standard InChI is InChI=1S/C18H20N2O.ClH/c1-19-9-10-20(2)18(21)14-7-8-17-15(12-14)11-13-5-3-4-6-16(13)17;/h3-8,12,19H,9-11H2,1-2H3;1H. The van der Waals surface area contributed by atoms with Crippen molar-refractivity contribution in [2.45, 2.75) is 6.42 Å². The lowest BCUT2D eigenvalue weighted by Gasteiger charge is -2.17. The summed E-state index contributed by atoms with van der Waals surface area (Å²) in [5, 5.41) is 3.06. The smallest absolute Gasteiger partial charge is 0.253 e. The minimum Gasteiger partial charge on any atom is -0.340 e. The fourth-order valence-electron chi connectivity index (χ4n) is 2.88. The van der Waals surface area contributed by atoms with Crippen LogP contribution in [0, 0.1) is 0 Å². The van der Waals surface area contributed by atoms with Gasteiger partial charge in [-0.25, -0.2) is 0 Å². The van der Waals surface area contributed by atoms with Crippen LogP contribution in [0.4, 0.5) is 0 Å². The fraction of sp³-hybridized carbons (Fsp3) is 0.278. The molecule has 0 atom stereocenters. The minimum atomic E-state index is 0. The van der Waals surface area contributed by atoms with Crippen LogP contribution >= 0.6 is 12.4 Å². The fourth-order valence-corrected chi connectivity index (χ4v) is 2.88. The molecular weight excluding hydrogens is 296 g/mol. The van der Waals surface area contributed by atoms with Gasteiger partial charge >= 0.3 is 0 Å². The summed E-state index contributed by atoms with van der Waals surface area (Å²) in [6.07, 6.45) is 0.923. The van der Waals surface area contributed by atoms with E-state index in [0.717, 1.165) is 18.5 Å². The van der Waals surface area contributed by atoms with Gasteiger partial charge in [-0.15, -0.1) is 12.4 Å². The van der Waals surface area contributed by atoms with Crippen molar-refractivity contribution in [1.29, 1.82) is 0 Å². The van der Waals surface area contributed by atoms with Gasteiger partial charge in [0.25, 0.3) is 5.91 Å². The van der Waals surface area contributed by atoms with Gasteiger partial charge in [-0.1, -0.05) is 30.3 Å². The van der Waals surface area contributed by atoms with Gasteiger partial charge in [0.05, 0.1) is 0 Å². The Balaban J connectivity index is 0.00000176. The van der Waals surface area contributed by atoms with E-state index in [-0.39, 0.29) is 18.3 Å². The average Bonchev–Trinajstić information content (AvgIpc) is 2.89. The van der Waals surface area contributed by atoms with E-state index in [1.165, 1.54) is 22.3 Å². The summed E-state index contributed by atoms with van der Waals surface area (Å²) < 4.78 is 0. The largest absolute Gasteiger partial charge is 0.340 e. The van der Waals surface area contributed by atoms with Crippen molar-refractivity contribution < 1.29 is 4.79 Å². The number of fused-ring (bicyclic) bond motifs is 3. The van der Waals surface area contributed by atoms with Crippen LogP contribution in [-0.4, -0.2) is 38.0 Å². The lowest BCUT2D eigenvalue weighted by Crippen LogP contribution is -2.32. The number of halogens is 1. The normalized spacial score (nSPS) is 11.4. The Morgan fingerprint density at radius 2 is 1.86 bits per heavy atom. The first-order valence-electron chi connectivity index (χ1n) is 7.32. The molecule has 3 rings (SSSR count). The summed E-state index contributed by atoms with van der Waals surface area (Å²) in [5.41, 5.74) is 5.94. The van der Waals surface area contributed by atoms with Crippen LogP contribution in [-0.2, 0) is 6.42 Å². The Bertz CT molecular complexity index is 685. The molecule has 0 unspecified atom stereocenters. The van der Waals surface area contributed by atoms with Gasteiger partial charge in [0.15, 0.2) is 0 Å². The molecule has 2 aromatic carbocycles. The highest BCUT2D eigenvalue weighted by atomic mass is 35.5. The summed E-state index contributed by atoms with van der Waals surface area (Å²) in [7, 11) is 3.74. The molecule has 0 saturated carbocycles. The second-order valence-electron chi connectivity index (χ2n) is 5.54. The van der Waals surface area contributed by atoms with E-state index in [0.29, 0.717) is 6.54 Å². The third-order valence-corrected chi connectivity index (χ3v) is 4.08. The molecule has 0 fully saturated rings. The number of nitrogens with one attached hydrogen (secondary N) is 1. The SMILES string of the molecule is CNCCN(C)C(=O)c1ccc2c(c1)Cc1ccccc1-2.Cl. The van der Waals surface area contributed by atoms with E-state index >= 15 is 0 Å². The highest BCUT2D eigenvalue weighted by Gasteiger charge is 2.20. The number of benzene rings is 2. The van der Waals surface area contributed by atoms with Gasteiger partial charge in [0.2, 0.25) is 0 Å². The van der Waals surface area contributed by atoms with Gasteiger partial charge in [-0.2, -0.15) is 0 Å². The third-order valence-electron chi connectivity index (χ3n) is 4.08. The summed E-state index contributed by atoms with van der Waals surface area (Å²) in [6, 6.07) is 14.5. The Hall–Kier alpha value is -1.84. The molecule has 0 heterocycles. The molecule has 0 bridgehead atoms. The number of carbonyl (C=O) groups is 1. The van der Waals surface area contributed by atoms with E-state index in [1.807, 2.05) is 26.2 Å². The zero-order valence-corrected chi connectivity index (χ0v) is 13.7. The van der Waals surface area contributed by atoms with Crippen molar-refractivity contribution in [3.8, 4) is 11.1 Å².